The molecule has 0 radical (unpaired) electrons. The molecule has 3 aromatic rings. The van der Waals surface area contributed by atoms with Crippen LogP contribution in [0.1, 0.15) is 11.1 Å². The van der Waals surface area contributed by atoms with Crippen LogP contribution in [0.15, 0.2) is 67.5 Å². The fourth-order valence-corrected chi connectivity index (χ4v) is 2.39. The maximum Gasteiger partial charge on any atom is 0.416 e. The van der Waals surface area contributed by atoms with Gasteiger partial charge in [-0.05, 0) is 29.8 Å². The Morgan fingerprint density at radius 1 is 0.964 bits per heavy atom. The van der Waals surface area contributed by atoms with Crippen LogP contribution in [0.5, 0.6) is 11.6 Å². The molecule has 0 bridgehead atoms. The van der Waals surface area contributed by atoms with Crippen molar-refractivity contribution in [3.63, 3.8) is 0 Å². The minimum Gasteiger partial charge on any atom is -0.437 e. The number of hydrogen-bond acceptors (Lipinski definition) is 4. The van der Waals surface area contributed by atoms with Gasteiger partial charge in [0.25, 0.3) is 0 Å². The van der Waals surface area contributed by atoms with E-state index in [0.29, 0.717) is 16.8 Å². The number of alkyl halides is 3. The number of hydrogen-bond donors (Lipinski definition) is 1. The van der Waals surface area contributed by atoms with Gasteiger partial charge in [-0.2, -0.15) is 13.2 Å². The summed E-state index contributed by atoms with van der Waals surface area (Å²) >= 11 is 0. The Labute approximate surface area is 158 Å². The van der Waals surface area contributed by atoms with Crippen molar-refractivity contribution in [1.29, 1.82) is 0 Å². The van der Waals surface area contributed by atoms with Gasteiger partial charge >= 0.3 is 6.18 Å². The van der Waals surface area contributed by atoms with Crippen molar-refractivity contribution in [3.8, 4) is 22.9 Å². The number of nitrogens with zero attached hydrogens (tertiary/aromatic N) is 2. The number of ether oxygens (including phenoxy) is 1. The van der Waals surface area contributed by atoms with E-state index in [1.54, 1.807) is 24.3 Å². The van der Waals surface area contributed by atoms with Crippen molar-refractivity contribution < 1.29 is 22.7 Å². The third-order valence-electron chi connectivity index (χ3n) is 3.87. The van der Waals surface area contributed by atoms with Crippen molar-refractivity contribution >= 4 is 11.5 Å². The second-order valence-electron chi connectivity index (χ2n) is 5.75. The molecule has 0 atom stereocenters. The minimum atomic E-state index is -4.42. The van der Waals surface area contributed by atoms with Crippen LogP contribution in [0.4, 0.5) is 13.2 Å². The summed E-state index contributed by atoms with van der Waals surface area (Å²) in [6.07, 6.45) is -1.55. The molecule has 0 unspecified atom stereocenters. The summed E-state index contributed by atoms with van der Waals surface area (Å²) in [4.78, 5) is 19.5. The molecule has 0 saturated carbocycles. The first kappa shape index (κ1) is 19.1. The van der Waals surface area contributed by atoms with Gasteiger partial charge in [0.15, 0.2) is 0 Å². The molecule has 8 heteroatoms. The van der Waals surface area contributed by atoms with E-state index in [0.717, 1.165) is 12.1 Å². The van der Waals surface area contributed by atoms with E-state index in [9.17, 15) is 18.0 Å². The number of primary amides is 1. The highest BCUT2D eigenvalue weighted by molar-refractivity contribution is 6.17. The molecule has 0 aliphatic carbocycles. The fraction of sp³-hybridized carbons (Fsp3) is 0.0500. The summed E-state index contributed by atoms with van der Waals surface area (Å²) in [6, 6.07) is 11.0. The number of aromatic nitrogens is 2. The number of halogens is 3. The first-order valence-electron chi connectivity index (χ1n) is 8.01. The van der Waals surface area contributed by atoms with E-state index in [1.165, 1.54) is 24.5 Å². The molecule has 142 valence electrons. The fourth-order valence-electron chi connectivity index (χ4n) is 2.39. The standard InChI is InChI=1S/C20H14F3N3O2/c1-12(18(24)27)13-2-4-14(5-3-13)17-19(26-11-10-25-17)28-16-8-6-15(7-9-16)20(21,22)23/h2-11H,1H2,(H2,24,27). The molecule has 1 aromatic heterocycles. The Hall–Kier alpha value is -3.68. The maximum atomic E-state index is 12.7. The van der Waals surface area contributed by atoms with Crippen molar-refractivity contribution in [2.24, 2.45) is 5.73 Å². The summed E-state index contributed by atoms with van der Waals surface area (Å²) < 4.78 is 43.6. The van der Waals surface area contributed by atoms with Crippen LogP contribution in [0, 0.1) is 0 Å². The zero-order valence-corrected chi connectivity index (χ0v) is 14.4. The first-order valence-corrected chi connectivity index (χ1v) is 8.01. The SMILES string of the molecule is C=C(C(N)=O)c1ccc(-c2nccnc2Oc2ccc(C(F)(F)F)cc2)cc1. The molecule has 3 rings (SSSR count). The molecule has 0 aliphatic rings. The largest absolute Gasteiger partial charge is 0.437 e. The van der Waals surface area contributed by atoms with Crippen LogP contribution in [0.3, 0.4) is 0 Å². The molecule has 2 aromatic carbocycles. The smallest absolute Gasteiger partial charge is 0.416 e. The third-order valence-corrected chi connectivity index (χ3v) is 3.87. The predicted molar refractivity (Wildman–Crippen MR) is 97.2 cm³/mol. The van der Waals surface area contributed by atoms with Gasteiger partial charge in [0.2, 0.25) is 11.8 Å². The van der Waals surface area contributed by atoms with E-state index in [-0.39, 0.29) is 17.2 Å². The quantitative estimate of drug-likeness (QED) is 0.658. The lowest BCUT2D eigenvalue weighted by molar-refractivity contribution is -0.137. The van der Waals surface area contributed by atoms with Gasteiger partial charge in [-0.3, -0.25) is 4.79 Å². The molecule has 5 nitrogen and oxygen atoms in total. The number of benzene rings is 2. The summed E-state index contributed by atoms with van der Waals surface area (Å²) in [5, 5.41) is 0. The van der Waals surface area contributed by atoms with Gasteiger partial charge in [-0.25, -0.2) is 9.97 Å². The van der Waals surface area contributed by atoms with Crippen molar-refractivity contribution in [3.05, 3.63) is 78.6 Å². The lowest BCUT2D eigenvalue weighted by atomic mass is 10.0. The monoisotopic (exact) mass is 385 g/mol. The van der Waals surface area contributed by atoms with Crippen LogP contribution in [-0.2, 0) is 11.0 Å². The molecular formula is C20H14F3N3O2. The second-order valence-corrected chi connectivity index (χ2v) is 5.75. The molecule has 0 fully saturated rings. The average Bonchev–Trinajstić information content (AvgIpc) is 2.68. The number of amides is 1. The van der Waals surface area contributed by atoms with Crippen LogP contribution in [0.25, 0.3) is 16.8 Å². The average molecular weight is 385 g/mol. The Bertz CT molecular complexity index is 1010. The lowest BCUT2D eigenvalue weighted by Crippen LogP contribution is -2.11. The van der Waals surface area contributed by atoms with Gasteiger partial charge in [0.05, 0.1) is 5.56 Å². The molecule has 0 aliphatic heterocycles. The number of carbonyl (C=O) groups is 1. The molecule has 0 spiro atoms. The highest BCUT2D eigenvalue weighted by atomic mass is 19.4. The highest BCUT2D eigenvalue weighted by Crippen LogP contribution is 2.33. The summed E-state index contributed by atoms with van der Waals surface area (Å²) in [6.45, 7) is 3.62. The van der Waals surface area contributed by atoms with Gasteiger partial charge in [-0.1, -0.05) is 30.8 Å². The Morgan fingerprint density at radius 3 is 2.14 bits per heavy atom. The van der Waals surface area contributed by atoms with Crippen LogP contribution in [0.2, 0.25) is 0 Å². The third kappa shape index (κ3) is 4.17. The lowest BCUT2D eigenvalue weighted by Gasteiger charge is -2.11. The Kier molecular flexibility index (Phi) is 5.12. The van der Waals surface area contributed by atoms with Gasteiger partial charge < -0.3 is 10.5 Å². The van der Waals surface area contributed by atoms with E-state index >= 15 is 0 Å². The van der Waals surface area contributed by atoms with Crippen LogP contribution < -0.4 is 10.5 Å². The Balaban J connectivity index is 1.87. The maximum absolute atomic E-state index is 12.7. The zero-order chi connectivity index (χ0) is 20.3. The van der Waals surface area contributed by atoms with Gasteiger partial charge in [0.1, 0.15) is 11.4 Å². The van der Waals surface area contributed by atoms with Gasteiger partial charge in [-0.15, -0.1) is 0 Å². The number of carbonyl (C=O) groups excluding carboxylic acids is 1. The van der Waals surface area contributed by atoms with Crippen molar-refractivity contribution in [2.75, 3.05) is 0 Å². The zero-order valence-electron chi connectivity index (χ0n) is 14.4. The molecule has 2 N–H and O–H groups in total. The topological polar surface area (TPSA) is 78.1 Å². The van der Waals surface area contributed by atoms with E-state index in [2.05, 4.69) is 16.5 Å². The summed E-state index contributed by atoms with van der Waals surface area (Å²) in [5.41, 5.74) is 6.20. The molecular weight excluding hydrogens is 371 g/mol. The summed E-state index contributed by atoms with van der Waals surface area (Å²) in [5.74, 6) is -0.309. The summed E-state index contributed by atoms with van der Waals surface area (Å²) in [7, 11) is 0. The van der Waals surface area contributed by atoms with Crippen LogP contribution >= 0.6 is 0 Å². The predicted octanol–water partition coefficient (Wildman–Crippen LogP) is 4.45. The molecule has 28 heavy (non-hydrogen) atoms. The van der Waals surface area contributed by atoms with Gasteiger partial charge in [0, 0.05) is 23.5 Å². The van der Waals surface area contributed by atoms with E-state index in [4.69, 9.17) is 10.5 Å². The first-order chi connectivity index (χ1) is 13.3. The number of rotatable bonds is 5. The number of nitrogens with two attached hydrogens (primary N) is 1. The normalized spacial score (nSPS) is 11.1. The van der Waals surface area contributed by atoms with Crippen molar-refractivity contribution in [2.45, 2.75) is 6.18 Å². The highest BCUT2D eigenvalue weighted by Gasteiger charge is 2.30. The Morgan fingerprint density at radius 2 is 1.57 bits per heavy atom. The van der Waals surface area contributed by atoms with Crippen molar-refractivity contribution in [1.82, 2.24) is 9.97 Å². The van der Waals surface area contributed by atoms with Crippen LogP contribution in [-0.4, -0.2) is 15.9 Å². The van der Waals surface area contributed by atoms with E-state index < -0.39 is 17.6 Å². The molecule has 1 heterocycles. The van der Waals surface area contributed by atoms with E-state index in [1.807, 2.05) is 0 Å². The molecule has 1 amide bonds. The molecule has 0 saturated heterocycles. The minimum absolute atomic E-state index is 0.128. The second kappa shape index (κ2) is 7.51.